The van der Waals surface area contributed by atoms with Gasteiger partial charge in [-0.15, -0.1) is 0 Å². The Kier molecular flexibility index (Phi) is 3.35. The normalized spacial score (nSPS) is 15.9. The summed E-state index contributed by atoms with van der Waals surface area (Å²) < 4.78 is 18.6. The molecule has 1 aliphatic heterocycles. The first kappa shape index (κ1) is 12.6. The van der Waals surface area contributed by atoms with Gasteiger partial charge in [0.2, 0.25) is 0 Å². The summed E-state index contributed by atoms with van der Waals surface area (Å²) >= 11 is 4.71. The molecule has 1 aromatic rings. The lowest BCUT2D eigenvalue weighted by Crippen LogP contribution is -2.46. The molecule has 7 heteroatoms. The molecule has 2 rings (SSSR count). The number of thiocarbonyl (C=S) groups is 1. The van der Waals surface area contributed by atoms with Crippen LogP contribution >= 0.6 is 12.2 Å². The summed E-state index contributed by atoms with van der Waals surface area (Å²) in [6.07, 6.45) is 0. The Hall–Kier alpha value is -1.86. The number of nitrogens with two attached hydrogens (primary N) is 1. The van der Waals surface area contributed by atoms with Gasteiger partial charge in [-0.25, -0.2) is 9.29 Å². The Morgan fingerprint density at radius 3 is 2.44 bits per heavy atom. The van der Waals surface area contributed by atoms with Crippen molar-refractivity contribution in [3.05, 3.63) is 29.6 Å². The summed E-state index contributed by atoms with van der Waals surface area (Å²) in [5, 5.41) is 0. The standard InChI is InChI=1S/C11H9FN2O3S/c12-7-3-6(11(13)18)1-2-8(7)14-9(15)4-17-5-10(14)16/h1-3H,4-5H2,(H2,13,18). The first-order valence-corrected chi connectivity index (χ1v) is 5.44. The minimum atomic E-state index is -0.732. The number of hydrogen-bond acceptors (Lipinski definition) is 4. The summed E-state index contributed by atoms with van der Waals surface area (Å²) in [5.74, 6) is -1.94. The number of morpholine rings is 1. The van der Waals surface area contributed by atoms with Crippen LogP contribution in [-0.4, -0.2) is 30.0 Å². The molecule has 1 aliphatic rings. The van der Waals surface area contributed by atoms with Gasteiger partial charge in [0, 0.05) is 5.56 Å². The molecule has 18 heavy (non-hydrogen) atoms. The zero-order valence-electron chi connectivity index (χ0n) is 9.18. The van der Waals surface area contributed by atoms with E-state index in [9.17, 15) is 14.0 Å². The highest BCUT2D eigenvalue weighted by atomic mass is 32.1. The van der Waals surface area contributed by atoms with Gasteiger partial charge in [-0.1, -0.05) is 12.2 Å². The van der Waals surface area contributed by atoms with Crippen LogP contribution < -0.4 is 10.6 Å². The van der Waals surface area contributed by atoms with Gasteiger partial charge in [-0.2, -0.15) is 0 Å². The van der Waals surface area contributed by atoms with E-state index in [4.69, 9.17) is 22.7 Å². The highest BCUT2D eigenvalue weighted by Gasteiger charge is 2.30. The molecule has 94 valence electrons. The number of nitrogens with zero attached hydrogens (tertiary/aromatic N) is 1. The summed E-state index contributed by atoms with van der Waals surface area (Å²) in [4.78, 5) is 23.9. The minimum Gasteiger partial charge on any atom is -0.389 e. The Morgan fingerprint density at radius 1 is 1.33 bits per heavy atom. The van der Waals surface area contributed by atoms with Crippen molar-refractivity contribution in [2.75, 3.05) is 18.1 Å². The van der Waals surface area contributed by atoms with E-state index in [1.807, 2.05) is 0 Å². The third-order valence-electron chi connectivity index (χ3n) is 2.42. The summed E-state index contributed by atoms with van der Waals surface area (Å²) in [6, 6.07) is 3.84. The third-order valence-corrected chi connectivity index (χ3v) is 2.66. The van der Waals surface area contributed by atoms with Crippen LogP contribution in [0.25, 0.3) is 0 Å². The largest absolute Gasteiger partial charge is 0.389 e. The molecule has 0 spiro atoms. The monoisotopic (exact) mass is 268 g/mol. The fourth-order valence-electron chi connectivity index (χ4n) is 1.60. The molecule has 0 atom stereocenters. The van der Waals surface area contributed by atoms with Crippen molar-refractivity contribution in [1.29, 1.82) is 0 Å². The molecule has 1 aromatic carbocycles. The number of carbonyl (C=O) groups excluding carboxylic acids is 2. The van der Waals surface area contributed by atoms with Crippen molar-refractivity contribution in [1.82, 2.24) is 0 Å². The van der Waals surface area contributed by atoms with Crippen LogP contribution in [0.2, 0.25) is 0 Å². The average Bonchev–Trinajstić information content (AvgIpc) is 2.30. The molecule has 1 saturated heterocycles. The number of benzene rings is 1. The fraction of sp³-hybridized carbons (Fsp3) is 0.182. The Morgan fingerprint density at radius 2 is 1.94 bits per heavy atom. The van der Waals surface area contributed by atoms with Gasteiger partial charge in [-0.05, 0) is 18.2 Å². The molecule has 0 aliphatic carbocycles. The molecule has 0 saturated carbocycles. The molecule has 1 fully saturated rings. The second-order valence-corrected chi connectivity index (χ2v) is 4.09. The van der Waals surface area contributed by atoms with Gasteiger partial charge in [-0.3, -0.25) is 9.59 Å². The highest BCUT2D eigenvalue weighted by Crippen LogP contribution is 2.22. The van der Waals surface area contributed by atoms with E-state index in [0.29, 0.717) is 5.56 Å². The van der Waals surface area contributed by atoms with Crippen LogP contribution in [-0.2, 0) is 14.3 Å². The Bertz CT molecular complexity index is 531. The maximum Gasteiger partial charge on any atom is 0.259 e. The van der Waals surface area contributed by atoms with Gasteiger partial charge in [0.05, 0.1) is 5.69 Å². The van der Waals surface area contributed by atoms with E-state index in [1.54, 1.807) is 0 Å². The second kappa shape index (κ2) is 4.79. The average molecular weight is 268 g/mol. The predicted molar refractivity (Wildman–Crippen MR) is 65.6 cm³/mol. The number of anilines is 1. The first-order valence-electron chi connectivity index (χ1n) is 5.03. The summed E-state index contributed by atoms with van der Waals surface area (Å²) in [7, 11) is 0. The van der Waals surface area contributed by atoms with Crippen LogP contribution in [0.1, 0.15) is 5.56 Å². The van der Waals surface area contributed by atoms with E-state index in [1.165, 1.54) is 12.1 Å². The first-order chi connectivity index (χ1) is 8.50. The van der Waals surface area contributed by atoms with Crippen molar-refractivity contribution in [3.8, 4) is 0 Å². The number of rotatable bonds is 2. The Labute approximate surface area is 107 Å². The molecule has 0 aromatic heterocycles. The molecule has 2 N–H and O–H groups in total. The lowest BCUT2D eigenvalue weighted by atomic mass is 10.1. The smallest absolute Gasteiger partial charge is 0.259 e. The lowest BCUT2D eigenvalue weighted by Gasteiger charge is -2.25. The third kappa shape index (κ3) is 2.22. The van der Waals surface area contributed by atoms with Gasteiger partial charge in [0.15, 0.2) is 0 Å². The molecule has 1 heterocycles. The Balaban J connectivity index is 2.41. The number of carbonyl (C=O) groups is 2. The topological polar surface area (TPSA) is 72.6 Å². The van der Waals surface area contributed by atoms with Crippen LogP contribution in [0.5, 0.6) is 0 Å². The van der Waals surface area contributed by atoms with Gasteiger partial charge in [0.25, 0.3) is 11.8 Å². The van der Waals surface area contributed by atoms with Crippen LogP contribution in [0.4, 0.5) is 10.1 Å². The number of ether oxygens (including phenoxy) is 1. The van der Waals surface area contributed by atoms with Crippen molar-refractivity contribution in [3.63, 3.8) is 0 Å². The van der Waals surface area contributed by atoms with E-state index < -0.39 is 17.6 Å². The zero-order valence-corrected chi connectivity index (χ0v) is 10.00. The second-order valence-electron chi connectivity index (χ2n) is 3.65. The highest BCUT2D eigenvalue weighted by molar-refractivity contribution is 7.80. The molecular formula is C11H9FN2O3S. The van der Waals surface area contributed by atoms with E-state index in [-0.39, 0.29) is 23.9 Å². The van der Waals surface area contributed by atoms with Gasteiger partial charge < -0.3 is 10.5 Å². The summed E-state index contributed by atoms with van der Waals surface area (Å²) in [5.41, 5.74) is 5.58. The number of halogens is 1. The quantitative estimate of drug-likeness (QED) is 0.619. The van der Waals surface area contributed by atoms with Crippen molar-refractivity contribution in [2.24, 2.45) is 5.73 Å². The molecule has 2 amide bonds. The predicted octanol–water partition coefficient (Wildman–Crippen LogP) is 0.350. The minimum absolute atomic E-state index is 0.0417. The van der Waals surface area contributed by atoms with E-state index in [2.05, 4.69) is 0 Å². The molecule has 0 radical (unpaired) electrons. The molecule has 5 nitrogen and oxygen atoms in total. The van der Waals surface area contributed by atoms with Crippen LogP contribution in [0, 0.1) is 5.82 Å². The van der Waals surface area contributed by atoms with Crippen LogP contribution in [0.15, 0.2) is 18.2 Å². The van der Waals surface area contributed by atoms with Gasteiger partial charge >= 0.3 is 0 Å². The van der Waals surface area contributed by atoms with E-state index >= 15 is 0 Å². The zero-order chi connectivity index (χ0) is 13.3. The van der Waals surface area contributed by atoms with Crippen molar-refractivity contribution < 1.29 is 18.7 Å². The number of hydrogen-bond donors (Lipinski definition) is 1. The molecular weight excluding hydrogens is 259 g/mol. The van der Waals surface area contributed by atoms with Crippen molar-refractivity contribution in [2.45, 2.75) is 0 Å². The van der Waals surface area contributed by atoms with Crippen LogP contribution in [0.3, 0.4) is 0 Å². The molecule has 0 unspecified atom stereocenters. The summed E-state index contributed by atoms with van der Waals surface area (Å²) in [6.45, 7) is -0.496. The number of imide groups is 1. The van der Waals surface area contributed by atoms with E-state index in [0.717, 1.165) is 11.0 Å². The lowest BCUT2D eigenvalue weighted by molar-refractivity contribution is -0.138. The molecule has 0 bridgehead atoms. The SMILES string of the molecule is NC(=S)c1ccc(N2C(=O)COCC2=O)c(F)c1. The van der Waals surface area contributed by atoms with Crippen molar-refractivity contribution >= 4 is 34.7 Å². The maximum absolute atomic E-state index is 13.8. The van der Waals surface area contributed by atoms with Gasteiger partial charge in [0.1, 0.15) is 24.0 Å². The number of amides is 2. The fourth-order valence-corrected chi connectivity index (χ4v) is 1.73. The maximum atomic E-state index is 13.8.